The highest BCUT2D eigenvalue weighted by Gasteiger charge is 2.53. The van der Waals surface area contributed by atoms with Crippen molar-refractivity contribution in [2.24, 2.45) is 5.16 Å². The number of aromatic nitrogens is 3. The van der Waals surface area contributed by atoms with Crippen molar-refractivity contribution < 1.29 is 28.9 Å². The van der Waals surface area contributed by atoms with Crippen LogP contribution in [0.5, 0.6) is 0 Å². The number of carboxylic acids is 1. The van der Waals surface area contributed by atoms with Crippen LogP contribution in [0.2, 0.25) is 4.34 Å². The molecule has 5 rings (SSSR count). The average molecular weight is 548 g/mol. The summed E-state index contributed by atoms with van der Waals surface area (Å²) in [6, 6.07) is 2.84. The zero-order valence-corrected chi connectivity index (χ0v) is 21.0. The van der Waals surface area contributed by atoms with E-state index in [2.05, 4.69) is 15.5 Å². The third kappa shape index (κ3) is 4.16. The summed E-state index contributed by atoms with van der Waals surface area (Å²) < 4.78 is 3.90. The number of nitrogens with zero attached hydrogens (tertiary/aromatic N) is 5. The minimum absolute atomic E-state index is 0.0213. The Kier molecular flexibility index (Phi) is 6.32. The van der Waals surface area contributed by atoms with E-state index in [4.69, 9.17) is 22.2 Å². The molecule has 0 saturated carbocycles. The number of halogens is 1. The first kappa shape index (κ1) is 24.1. The maximum atomic E-state index is 13.0. The van der Waals surface area contributed by atoms with Crippen LogP contribution in [0.4, 0.5) is 5.13 Å². The molecule has 0 aliphatic carbocycles. The van der Waals surface area contributed by atoms with Crippen molar-refractivity contribution in [2.45, 2.75) is 18.0 Å². The van der Waals surface area contributed by atoms with Crippen LogP contribution >= 0.6 is 34.7 Å². The summed E-state index contributed by atoms with van der Waals surface area (Å²) in [6.45, 7) is 0.264. The number of β-lactam (4-membered cyclic amide) rings is 1. The van der Waals surface area contributed by atoms with Crippen molar-refractivity contribution in [1.82, 2.24) is 19.8 Å². The van der Waals surface area contributed by atoms with E-state index in [-0.39, 0.29) is 33.1 Å². The van der Waals surface area contributed by atoms with Gasteiger partial charge in [-0.3, -0.25) is 14.5 Å². The van der Waals surface area contributed by atoms with E-state index in [1.165, 1.54) is 18.9 Å². The van der Waals surface area contributed by atoms with Crippen LogP contribution in [0.15, 0.2) is 53.3 Å². The summed E-state index contributed by atoms with van der Waals surface area (Å²) in [4.78, 5) is 47.9. The minimum atomic E-state index is -1.45. The van der Waals surface area contributed by atoms with E-state index in [1.807, 2.05) is 46.1 Å². The fraction of sp³-hybridized carbons (Fsp3) is 0.238. The van der Waals surface area contributed by atoms with Gasteiger partial charge in [0.05, 0.1) is 24.1 Å². The molecule has 0 aromatic carbocycles. The number of oxime groups is 1. The number of nitrogen functional groups attached to an aromatic ring is 1. The van der Waals surface area contributed by atoms with Gasteiger partial charge >= 0.3 is 0 Å². The number of carbonyl (C=O) groups is 3. The Morgan fingerprint density at radius 2 is 2.25 bits per heavy atom. The summed E-state index contributed by atoms with van der Waals surface area (Å²) in [5.41, 5.74) is 6.71. The number of thiazole rings is 1. The Balaban J connectivity index is 1.36. The second-order valence-corrected chi connectivity index (χ2v) is 10.6. The molecule has 1 saturated heterocycles. The molecule has 1 fully saturated rings. The summed E-state index contributed by atoms with van der Waals surface area (Å²) in [5.74, 6) is -2.46. The maximum absolute atomic E-state index is 13.0. The summed E-state index contributed by atoms with van der Waals surface area (Å²) in [6.07, 6.45) is 7.46. The van der Waals surface area contributed by atoms with Crippen LogP contribution in [0.1, 0.15) is 5.69 Å². The highest BCUT2D eigenvalue weighted by Crippen LogP contribution is 2.40. The highest BCUT2D eigenvalue weighted by molar-refractivity contribution is 8.00. The van der Waals surface area contributed by atoms with Gasteiger partial charge in [-0.2, -0.15) is 4.57 Å². The molecule has 3 N–H and O–H groups in total. The Hall–Kier alpha value is -3.62. The number of aliphatic carboxylic acids is 1. The molecule has 1 aromatic rings. The molecule has 12 nitrogen and oxygen atoms in total. The second-order valence-electron chi connectivity index (χ2n) is 7.84. The van der Waals surface area contributed by atoms with Crippen molar-refractivity contribution >= 4 is 63.3 Å². The van der Waals surface area contributed by atoms with Gasteiger partial charge < -0.3 is 30.4 Å². The largest absolute Gasteiger partial charge is 0.543 e. The SMILES string of the molecule is CO/N=C(\C(=O)N[C@@H]1C(=O)N2C(C(=O)[O-])=C(Cn3cc[n+]4cccc-4c3)CS[C@@H]12)c1nc(N)sc1Cl. The quantitative estimate of drug-likeness (QED) is 0.171. The van der Waals surface area contributed by atoms with E-state index in [0.29, 0.717) is 11.3 Å². The summed E-state index contributed by atoms with van der Waals surface area (Å²) in [5, 5.41) is 17.8. The molecule has 0 unspecified atom stereocenters. The van der Waals surface area contributed by atoms with Crippen LogP contribution in [0.3, 0.4) is 0 Å². The first-order chi connectivity index (χ1) is 17.3. The number of nitrogens with one attached hydrogen (secondary N) is 1. The van der Waals surface area contributed by atoms with Crippen LogP contribution in [0, 0.1) is 0 Å². The van der Waals surface area contributed by atoms with Gasteiger partial charge in [-0.15, -0.1) is 11.8 Å². The van der Waals surface area contributed by atoms with E-state index >= 15 is 0 Å². The number of hydrogen-bond acceptors (Lipinski definition) is 10. The van der Waals surface area contributed by atoms with E-state index in [9.17, 15) is 19.5 Å². The predicted molar refractivity (Wildman–Crippen MR) is 129 cm³/mol. The standard InChI is InChI=1S/C21H18ClN7O5S2/c1-34-26-13(12-16(22)36-21(23)25-12)17(30)24-14-18(31)29-15(20(32)33)10(9-35-19(14)29)7-27-5-6-28-4-2-3-11(28)8-27/h2-6,8,14,19H,7,9H2,1H3,(H3-,23,24,25,30,32,33)/b26-13-/t14-,19+/m1/s1. The first-order valence-electron chi connectivity index (χ1n) is 10.5. The third-order valence-corrected chi connectivity index (χ3v) is 8.08. The molecule has 1 aromatic heterocycles. The number of hydrogen-bond donors (Lipinski definition) is 2. The molecule has 36 heavy (non-hydrogen) atoms. The number of amides is 2. The van der Waals surface area contributed by atoms with Gasteiger partial charge in [0.15, 0.2) is 23.2 Å². The molecule has 4 aliphatic rings. The fourth-order valence-corrected chi connectivity index (χ4v) is 6.35. The van der Waals surface area contributed by atoms with Crippen molar-refractivity contribution in [1.29, 1.82) is 0 Å². The van der Waals surface area contributed by atoms with E-state index in [1.54, 1.807) is 0 Å². The number of fused-ring (bicyclic) bond motifs is 2. The summed E-state index contributed by atoms with van der Waals surface area (Å²) >= 11 is 8.40. The molecule has 0 spiro atoms. The molecule has 186 valence electrons. The first-order valence-corrected chi connectivity index (χ1v) is 12.7. The number of nitrogens with two attached hydrogens (primary N) is 1. The van der Waals surface area contributed by atoms with Gasteiger partial charge in [0.1, 0.15) is 28.6 Å². The lowest BCUT2D eigenvalue weighted by Crippen LogP contribution is -2.71. The van der Waals surface area contributed by atoms with Gasteiger partial charge in [0.25, 0.3) is 11.8 Å². The highest BCUT2D eigenvalue weighted by atomic mass is 35.5. The monoisotopic (exact) mass is 547 g/mol. The van der Waals surface area contributed by atoms with E-state index < -0.39 is 29.2 Å². The van der Waals surface area contributed by atoms with Gasteiger partial charge in [0, 0.05) is 24.4 Å². The topological polar surface area (TPSA) is 159 Å². The zero-order chi connectivity index (χ0) is 25.6. The van der Waals surface area contributed by atoms with Gasteiger partial charge in [-0.25, -0.2) is 4.98 Å². The number of carboxylic acid groups (broad SMARTS) is 1. The Labute approximate surface area is 217 Å². The lowest BCUT2D eigenvalue weighted by Gasteiger charge is -2.50. The van der Waals surface area contributed by atoms with Gasteiger partial charge in [-0.05, 0) is 5.57 Å². The fourth-order valence-electron chi connectivity index (χ4n) is 4.09. The van der Waals surface area contributed by atoms with Crippen molar-refractivity contribution in [2.75, 3.05) is 18.6 Å². The molecule has 15 heteroatoms. The van der Waals surface area contributed by atoms with Gasteiger partial charge in [-0.1, -0.05) is 28.1 Å². The number of thioether (sulfide) groups is 1. The molecule has 2 atom stereocenters. The lowest BCUT2D eigenvalue weighted by atomic mass is 10.0. The number of carbonyl (C=O) groups excluding carboxylic acids is 3. The third-order valence-electron chi connectivity index (χ3n) is 5.65. The van der Waals surface area contributed by atoms with Crippen molar-refractivity contribution in [3.8, 4) is 5.69 Å². The van der Waals surface area contributed by atoms with Crippen LogP contribution in [0.25, 0.3) is 5.69 Å². The van der Waals surface area contributed by atoms with Crippen molar-refractivity contribution in [3.05, 3.63) is 58.2 Å². The number of anilines is 1. The van der Waals surface area contributed by atoms with Crippen molar-refractivity contribution in [3.63, 3.8) is 0 Å². The molecule has 0 radical (unpaired) electrons. The molecule has 4 aliphatic heterocycles. The number of rotatable bonds is 7. The van der Waals surface area contributed by atoms with Crippen LogP contribution in [-0.2, 0) is 25.8 Å². The molecule has 0 bridgehead atoms. The molecular formula is C21H18ClN7O5S2. The lowest BCUT2D eigenvalue weighted by molar-refractivity contribution is -0.593. The smallest absolute Gasteiger partial charge is 0.276 e. The molecular weight excluding hydrogens is 530 g/mol. The van der Waals surface area contributed by atoms with Crippen LogP contribution in [-0.4, -0.2) is 62.2 Å². The second kappa shape index (κ2) is 9.44. The van der Waals surface area contributed by atoms with Crippen LogP contribution < -0.4 is 20.7 Å². The minimum Gasteiger partial charge on any atom is -0.543 e. The zero-order valence-electron chi connectivity index (χ0n) is 18.6. The average Bonchev–Trinajstić information content (AvgIpc) is 3.45. The Morgan fingerprint density at radius 1 is 1.44 bits per heavy atom. The van der Waals surface area contributed by atoms with Gasteiger partial charge in [0.2, 0.25) is 5.69 Å². The normalized spacial score (nSPS) is 19.8. The summed E-state index contributed by atoms with van der Waals surface area (Å²) in [7, 11) is 1.24. The molecule has 2 amide bonds. The maximum Gasteiger partial charge on any atom is 0.276 e. The molecule has 5 heterocycles. The Bertz CT molecular complexity index is 1420. The predicted octanol–water partition coefficient (Wildman–Crippen LogP) is -0.651. The Morgan fingerprint density at radius 3 is 2.94 bits per heavy atom. The van der Waals surface area contributed by atoms with E-state index in [0.717, 1.165) is 21.9 Å².